The number of nitrogens with zero attached hydrogens (tertiary/aromatic N) is 2. The van der Waals surface area contributed by atoms with Crippen molar-refractivity contribution in [3.05, 3.63) is 46.5 Å². The lowest BCUT2D eigenvalue weighted by molar-refractivity contribution is 0.0689. The Morgan fingerprint density at radius 2 is 2.19 bits per heavy atom. The molecule has 1 N–H and O–H groups in total. The van der Waals surface area contributed by atoms with E-state index in [1.807, 2.05) is 16.7 Å². The van der Waals surface area contributed by atoms with Crippen LogP contribution in [0.5, 0.6) is 5.75 Å². The monoisotopic (exact) mass is 306 g/mol. The minimum absolute atomic E-state index is 0.146. The minimum Gasteiger partial charge on any atom is -0.484 e. The van der Waals surface area contributed by atoms with Crippen LogP contribution in [0.3, 0.4) is 0 Å². The predicted molar refractivity (Wildman–Crippen MR) is 77.9 cm³/mol. The number of hydrogen-bond donors (Lipinski definition) is 1. The summed E-state index contributed by atoms with van der Waals surface area (Å²) in [7, 11) is 0. The molecule has 6 heteroatoms. The smallest absolute Gasteiger partial charge is 0.356 e. The molecular weight excluding hydrogens is 292 g/mol. The van der Waals surface area contributed by atoms with Crippen molar-refractivity contribution in [3.63, 3.8) is 0 Å². The zero-order chi connectivity index (χ0) is 14.8. The summed E-state index contributed by atoms with van der Waals surface area (Å²) in [6, 6.07) is 7.20. The van der Waals surface area contributed by atoms with Gasteiger partial charge in [0.05, 0.1) is 10.7 Å². The van der Waals surface area contributed by atoms with Crippen molar-refractivity contribution in [2.45, 2.75) is 32.4 Å². The summed E-state index contributed by atoms with van der Waals surface area (Å²) in [5.74, 6) is 0.232. The second kappa shape index (κ2) is 5.77. The molecule has 1 aromatic heterocycles. The molecule has 0 fully saturated rings. The first kappa shape index (κ1) is 13.9. The number of carboxylic acid groups (broad SMARTS) is 1. The van der Waals surface area contributed by atoms with Crippen LogP contribution in [0.25, 0.3) is 0 Å². The molecule has 1 aliphatic rings. The van der Waals surface area contributed by atoms with Crippen LogP contribution in [0.2, 0.25) is 5.02 Å². The van der Waals surface area contributed by atoms with E-state index in [9.17, 15) is 9.90 Å². The topological polar surface area (TPSA) is 64.3 Å². The van der Waals surface area contributed by atoms with Crippen LogP contribution in [0.4, 0.5) is 0 Å². The Kier molecular flexibility index (Phi) is 3.84. The number of benzene rings is 1. The van der Waals surface area contributed by atoms with Crippen LogP contribution in [-0.4, -0.2) is 20.6 Å². The van der Waals surface area contributed by atoms with Crippen LogP contribution in [0.15, 0.2) is 24.3 Å². The number of aromatic nitrogens is 2. The molecule has 5 nitrogen and oxygen atoms in total. The Balaban J connectivity index is 1.86. The van der Waals surface area contributed by atoms with E-state index in [2.05, 4.69) is 4.98 Å². The number of halogens is 1. The molecule has 0 aliphatic carbocycles. The van der Waals surface area contributed by atoms with E-state index < -0.39 is 5.97 Å². The number of hydrogen-bond acceptors (Lipinski definition) is 3. The quantitative estimate of drug-likeness (QED) is 0.942. The summed E-state index contributed by atoms with van der Waals surface area (Å²) in [5.41, 5.74) is 0.943. The van der Waals surface area contributed by atoms with Crippen molar-refractivity contribution in [2.24, 2.45) is 0 Å². The Hall–Kier alpha value is -2.01. The normalized spacial score (nSPS) is 13.8. The first-order valence-corrected chi connectivity index (χ1v) is 7.23. The number of carbonyl (C=O) groups is 1. The Morgan fingerprint density at radius 3 is 2.95 bits per heavy atom. The third-order valence-electron chi connectivity index (χ3n) is 3.59. The molecule has 1 aromatic carbocycles. The average Bonchev–Trinajstić information content (AvgIpc) is 2.86. The number of ether oxygens (including phenoxy) is 1. The number of imidazole rings is 1. The molecule has 0 unspecified atom stereocenters. The van der Waals surface area contributed by atoms with Gasteiger partial charge in [-0.05, 0) is 31.4 Å². The lowest BCUT2D eigenvalue weighted by Gasteiger charge is -2.17. The molecule has 0 saturated carbocycles. The summed E-state index contributed by atoms with van der Waals surface area (Å²) in [5, 5.41) is 9.77. The first-order valence-electron chi connectivity index (χ1n) is 6.85. The molecule has 1 aliphatic heterocycles. The van der Waals surface area contributed by atoms with E-state index in [1.54, 1.807) is 12.1 Å². The summed E-state index contributed by atoms with van der Waals surface area (Å²) in [6.07, 6.45) is 2.78. The highest BCUT2D eigenvalue weighted by atomic mass is 35.5. The molecule has 0 radical (unpaired) electrons. The van der Waals surface area contributed by atoms with Crippen LogP contribution in [0.1, 0.15) is 34.8 Å². The minimum atomic E-state index is -0.982. The number of carboxylic acids is 1. The fourth-order valence-electron chi connectivity index (χ4n) is 2.60. The molecule has 0 saturated heterocycles. The molecule has 0 amide bonds. The van der Waals surface area contributed by atoms with Gasteiger partial charge in [-0.2, -0.15) is 0 Å². The largest absolute Gasteiger partial charge is 0.484 e. The van der Waals surface area contributed by atoms with Gasteiger partial charge in [0, 0.05) is 6.54 Å². The third-order valence-corrected chi connectivity index (χ3v) is 3.91. The Labute approximate surface area is 127 Å². The van der Waals surface area contributed by atoms with Gasteiger partial charge in [0.25, 0.3) is 0 Å². The van der Waals surface area contributed by atoms with Crippen molar-refractivity contribution in [1.82, 2.24) is 9.55 Å². The van der Waals surface area contributed by atoms with E-state index in [0.717, 1.165) is 31.5 Å². The maximum absolute atomic E-state index is 11.3. The number of aromatic carboxylic acids is 1. The molecule has 0 spiro atoms. The van der Waals surface area contributed by atoms with Gasteiger partial charge in [0.2, 0.25) is 0 Å². The third kappa shape index (κ3) is 2.74. The van der Waals surface area contributed by atoms with Gasteiger partial charge in [-0.15, -0.1) is 0 Å². The van der Waals surface area contributed by atoms with Crippen LogP contribution in [-0.2, 0) is 19.6 Å². The van der Waals surface area contributed by atoms with E-state index in [-0.39, 0.29) is 12.3 Å². The van der Waals surface area contributed by atoms with Crippen molar-refractivity contribution >= 4 is 17.6 Å². The number of para-hydroxylation sites is 1. The summed E-state index contributed by atoms with van der Waals surface area (Å²) >= 11 is 6.04. The number of fused-ring (bicyclic) bond motifs is 1. The molecule has 21 heavy (non-hydrogen) atoms. The van der Waals surface area contributed by atoms with Crippen molar-refractivity contribution in [3.8, 4) is 5.75 Å². The molecule has 0 atom stereocenters. The van der Waals surface area contributed by atoms with Gasteiger partial charge in [-0.3, -0.25) is 0 Å². The summed E-state index contributed by atoms with van der Waals surface area (Å²) < 4.78 is 7.64. The molecule has 110 valence electrons. The van der Waals surface area contributed by atoms with Crippen LogP contribution in [0, 0.1) is 0 Å². The van der Waals surface area contributed by atoms with E-state index in [1.165, 1.54) is 0 Å². The van der Waals surface area contributed by atoms with Crippen LogP contribution >= 0.6 is 11.6 Å². The Bertz CT molecular complexity index is 682. The summed E-state index contributed by atoms with van der Waals surface area (Å²) in [6.45, 7) is 1.00. The Morgan fingerprint density at radius 1 is 1.38 bits per heavy atom. The van der Waals surface area contributed by atoms with E-state index in [4.69, 9.17) is 16.3 Å². The molecule has 2 aromatic rings. The second-order valence-corrected chi connectivity index (χ2v) is 5.36. The van der Waals surface area contributed by atoms with Crippen molar-refractivity contribution in [2.75, 3.05) is 0 Å². The molecule has 2 heterocycles. The predicted octanol–water partition coefficient (Wildman–Crippen LogP) is 3.15. The summed E-state index contributed by atoms with van der Waals surface area (Å²) in [4.78, 5) is 15.5. The lowest BCUT2D eigenvalue weighted by atomic mass is 10.1. The highest BCUT2D eigenvalue weighted by Crippen LogP contribution is 2.26. The fraction of sp³-hybridized carbons (Fsp3) is 0.333. The van der Waals surface area contributed by atoms with Gasteiger partial charge < -0.3 is 14.4 Å². The van der Waals surface area contributed by atoms with Gasteiger partial charge in [0.15, 0.2) is 5.69 Å². The van der Waals surface area contributed by atoms with E-state index >= 15 is 0 Å². The second-order valence-electron chi connectivity index (χ2n) is 4.96. The van der Waals surface area contributed by atoms with E-state index in [0.29, 0.717) is 16.6 Å². The molecular formula is C15H15ClN2O3. The fourth-order valence-corrected chi connectivity index (χ4v) is 2.79. The average molecular weight is 307 g/mol. The van der Waals surface area contributed by atoms with Crippen molar-refractivity contribution in [1.29, 1.82) is 0 Å². The first-order chi connectivity index (χ1) is 10.2. The van der Waals surface area contributed by atoms with Gasteiger partial charge in [-0.25, -0.2) is 9.78 Å². The number of rotatable bonds is 4. The standard InChI is InChI=1S/C15H15ClN2O3/c16-10-5-1-2-7-12(10)21-9-13-17-14(15(19)20)11-6-3-4-8-18(11)13/h1-2,5,7H,3-4,6,8-9H2,(H,19,20). The van der Waals surface area contributed by atoms with Gasteiger partial charge in [0.1, 0.15) is 18.2 Å². The zero-order valence-electron chi connectivity index (χ0n) is 11.4. The van der Waals surface area contributed by atoms with Crippen molar-refractivity contribution < 1.29 is 14.6 Å². The maximum Gasteiger partial charge on any atom is 0.356 e. The molecule has 0 bridgehead atoms. The highest BCUT2D eigenvalue weighted by Gasteiger charge is 2.24. The van der Waals surface area contributed by atoms with Gasteiger partial charge >= 0.3 is 5.97 Å². The lowest BCUT2D eigenvalue weighted by Crippen LogP contribution is -2.15. The highest BCUT2D eigenvalue weighted by molar-refractivity contribution is 6.32. The van der Waals surface area contributed by atoms with Gasteiger partial charge in [-0.1, -0.05) is 23.7 Å². The van der Waals surface area contributed by atoms with Crippen LogP contribution < -0.4 is 4.74 Å². The molecule has 3 rings (SSSR count). The SMILES string of the molecule is O=C(O)c1nc(COc2ccccc2Cl)n2c1CCCC2. The zero-order valence-corrected chi connectivity index (χ0v) is 12.1. The maximum atomic E-state index is 11.3.